The van der Waals surface area contributed by atoms with Gasteiger partial charge in [0.1, 0.15) is 0 Å². The number of benzene rings is 2. The van der Waals surface area contributed by atoms with E-state index >= 15 is 0 Å². The van der Waals surface area contributed by atoms with Crippen molar-refractivity contribution in [2.75, 3.05) is 0 Å². The van der Waals surface area contributed by atoms with E-state index < -0.39 is 32.3 Å². The van der Waals surface area contributed by atoms with Crippen LogP contribution in [0.3, 0.4) is 0 Å². The molecular weight excluding hydrogens is 611 g/mol. The molecule has 0 fully saturated rings. The van der Waals surface area contributed by atoms with Crippen molar-refractivity contribution in [1.29, 1.82) is 0 Å². The van der Waals surface area contributed by atoms with Crippen LogP contribution in [0.15, 0.2) is 70.3 Å². The van der Waals surface area contributed by atoms with Crippen LogP contribution < -0.4 is 10.4 Å². The summed E-state index contributed by atoms with van der Waals surface area (Å²) in [7, 11) is -2.78. The molecule has 1 unspecified atom stereocenters. The van der Waals surface area contributed by atoms with Crippen LogP contribution in [0.1, 0.15) is 107 Å². The van der Waals surface area contributed by atoms with Crippen LogP contribution in [-0.2, 0) is 4.43 Å². The molecular formula is C36H60O2SiSn. The molecule has 0 aliphatic heterocycles. The Morgan fingerprint density at radius 2 is 1.18 bits per heavy atom. The zero-order chi connectivity index (χ0) is 29.9. The van der Waals surface area contributed by atoms with Crippen LogP contribution in [0.4, 0.5) is 0 Å². The van der Waals surface area contributed by atoms with E-state index in [1.165, 1.54) is 62.2 Å². The molecule has 40 heavy (non-hydrogen) atoms. The molecule has 0 aliphatic carbocycles. The summed E-state index contributed by atoms with van der Waals surface area (Å²) in [6.45, 7) is 20.6. The maximum atomic E-state index is 12.4. The first kappa shape index (κ1) is 35.3. The van der Waals surface area contributed by atoms with E-state index in [1.807, 2.05) is 6.92 Å². The summed E-state index contributed by atoms with van der Waals surface area (Å²) in [4.78, 5) is 0. The Bertz CT molecular complexity index is 949. The van der Waals surface area contributed by atoms with Crippen LogP contribution in [0, 0.1) is 0 Å². The number of hydrogen-bond acceptors (Lipinski definition) is 2. The first-order valence-electron chi connectivity index (χ1n) is 16.1. The Kier molecular flexibility index (Phi) is 14.2. The van der Waals surface area contributed by atoms with Gasteiger partial charge in [0.25, 0.3) is 0 Å². The van der Waals surface area contributed by atoms with Gasteiger partial charge in [0, 0.05) is 0 Å². The average Bonchev–Trinajstić information content (AvgIpc) is 2.93. The predicted octanol–water partition coefficient (Wildman–Crippen LogP) is 9.43. The summed E-state index contributed by atoms with van der Waals surface area (Å²) in [6.07, 6.45) is 10.5. The third kappa shape index (κ3) is 8.58. The molecule has 224 valence electrons. The fourth-order valence-electron chi connectivity index (χ4n) is 6.72. The number of hydrogen-bond donors (Lipinski definition) is 1. The van der Waals surface area contributed by atoms with Gasteiger partial charge in [0.15, 0.2) is 0 Å². The molecule has 2 aromatic rings. The summed E-state index contributed by atoms with van der Waals surface area (Å²) >= 11 is -2.64. The van der Waals surface area contributed by atoms with E-state index in [-0.39, 0.29) is 11.1 Å². The van der Waals surface area contributed by atoms with Gasteiger partial charge < -0.3 is 0 Å². The molecule has 2 aromatic carbocycles. The molecule has 0 aromatic heterocycles. The summed E-state index contributed by atoms with van der Waals surface area (Å²) < 4.78 is 13.3. The van der Waals surface area contributed by atoms with Crippen molar-refractivity contribution < 1.29 is 9.53 Å². The quantitative estimate of drug-likeness (QED) is 0.170. The van der Waals surface area contributed by atoms with Gasteiger partial charge in [-0.15, -0.1) is 0 Å². The second kappa shape index (κ2) is 16.1. The maximum absolute atomic E-state index is 12.4. The zero-order valence-corrected chi connectivity index (χ0v) is 31.2. The molecule has 0 saturated carbocycles. The molecule has 0 amide bonds. The Morgan fingerprint density at radius 1 is 0.775 bits per heavy atom. The first-order valence-corrected chi connectivity index (χ1v) is 25.5. The standard InChI is InChI=1S/C24H33O2Si.3C4H9.Sn/c1-7-19-24(6,25)22(8-2)26-27(23(3,4)5,20-15-11-9-12-16-20)21-17-13-10-14-18-21;3*1-3-4-2;/h9-19,22,25H,8H2,1-6H3;3*1,3-4H2,2H3;/t22-,24?;;;;/m1..../s1. The van der Waals surface area contributed by atoms with Crippen molar-refractivity contribution in [1.82, 2.24) is 0 Å². The normalized spacial score (nSPS) is 15.6. The monoisotopic (exact) mass is 672 g/mol. The molecule has 4 heteroatoms. The van der Waals surface area contributed by atoms with Crippen molar-refractivity contribution in [3.63, 3.8) is 0 Å². The van der Waals surface area contributed by atoms with E-state index in [4.69, 9.17) is 4.43 Å². The van der Waals surface area contributed by atoms with Crippen LogP contribution in [-0.4, -0.2) is 43.5 Å². The Hall–Kier alpha value is -0.884. The first-order chi connectivity index (χ1) is 18.9. The summed E-state index contributed by atoms with van der Waals surface area (Å²) in [5.74, 6) is 0. The van der Waals surface area contributed by atoms with Crippen LogP contribution in [0.25, 0.3) is 0 Å². The second-order valence-electron chi connectivity index (χ2n) is 13.3. The fraction of sp³-hybridized carbons (Fsp3) is 0.611. The van der Waals surface area contributed by atoms with Crippen LogP contribution in [0.2, 0.25) is 18.3 Å². The van der Waals surface area contributed by atoms with Gasteiger partial charge in [-0.1, -0.05) is 0 Å². The number of aliphatic hydroxyl groups is 1. The van der Waals surface area contributed by atoms with Crippen molar-refractivity contribution in [3.05, 3.63) is 70.3 Å². The molecule has 2 atom stereocenters. The minimum atomic E-state index is -2.78. The second-order valence-corrected chi connectivity index (χ2v) is 31.4. The van der Waals surface area contributed by atoms with Crippen molar-refractivity contribution in [2.45, 2.75) is 137 Å². The third-order valence-corrected chi connectivity index (χ3v) is 30.6. The number of allylic oxidation sites excluding steroid dienone is 1. The summed E-state index contributed by atoms with van der Waals surface area (Å²) in [5, 5.41) is 14.8. The van der Waals surface area contributed by atoms with E-state index in [0.717, 1.165) is 6.42 Å². The molecule has 2 nitrogen and oxygen atoms in total. The van der Waals surface area contributed by atoms with Crippen LogP contribution in [0.5, 0.6) is 0 Å². The average molecular weight is 672 g/mol. The Labute approximate surface area is 253 Å². The van der Waals surface area contributed by atoms with E-state index in [0.29, 0.717) is 0 Å². The van der Waals surface area contributed by atoms with Crippen molar-refractivity contribution in [2.24, 2.45) is 0 Å². The van der Waals surface area contributed by atoms with Crippen molar-refractivity contribution in [3.8, 4) is 0 Å². The van der Waals surface area contributed by atoms with Gasteiger partial charge in [0.05, 0.1) is 0 Å². The van der Waals surface area contributed by atoms with Gasteiger partial charge in [-0.25, -0.2) is 0 Å². The van der Waals surface area contributed by atoms with Crippen molar-refractivity contribution >= 4 is 37.1 Å². The predicted molar refractivity (Wildman–Crippen MR) is 182 cm³/mol. The van der Waals surface area contributed by atoms with Gasteiger partial charge in [-0.2, -0.15) is 0 Å². The van der Waals surface area contributed by atoms with Gasteiger partial charge in [0.2, 0.25) is 0 Å². The summed E-state index contributed by atoms with van der Waals surface area (Å²) in [6, 6.07) is 21.7. The molecule has 0 spiro atoms. The SMILES string of the molecule is CCC[CH2][Sn]([CH2]CCC)([CH2]CCC)/[C](C)=C/C(C)(O)[C@@H](CC)O[Si](c1ccccc1)(c1ccccc1)C(C)(C)C. The van der Waals surface area contributed by atoms with Gasteiger partial charge in [-0.3, -0.25) is 0 Å². The van der Waals surface area contributed by atoms with Crippen LogP contribution >= 0.6 is 0 Å². The molecule has 0 aliphatic rings. The minimum absolute atomic E-state index is 0.121. The number of rotatable bonds is 17. The molecule has 0 saturated heterocycles. The van der Waals surface area contributed by atoms with Gasteiger partial charge in [-0.05, 0) is 0 Å². The molecule has 2 rings (SSSR count). The Morgan fingerprint density at radius 3 is 1.50 bits per heavy atom. The van der Waals surface area contributed by atoms with E-state index in [2.05, 4.69) is 122 Å². The van der Waals surface area contributed by atoms with E-state index in [1.54, 1.807) is 3.59 Å². The molecule has 0 radical (unpaired) electrons. The molecule has 0 bridgehead atoms. The summed E-state index contributed by atoms with van der Waals surface area (Å²) in [5.41, 5.74) is -1.03. The third-order valence-electron chi connectivity index (χ3n) is 9.13. The van der Waals surface area contributed by atoms with Gasteiger partial charge >= 0.3 is 254 Å². The Balaban J connectivity index is 2.66. The molecule has 1 N–H and O–H groups in total. The zero-order valence-electron chi connectivity index (χ0n) is 27.4. The number of unbranched alkanes of at least 4 members (excludes halogenated alkanes) is 3. The fourth-order valence-corrected chi connectivity index (χ4v) is 27.6. The molecule has 0 heterocycles. The topological polar surface area (TPSA) is 29.5 Å². The van der Waals surface area contributed by atoms with E-state index in [9.17, 15) is 5.11 Å².